The molecule has 2 N–H and O–H groups in total. The van der Waals surface area contributed by atoms with Gasteiger partial charge in [0, 0.05) is 0 Å². The molecule has 0 unspecified atom stereocenters. The second-order valence-corrected chi connectivity index (χ2v) is 4.43. The highest BCUT2D eigenvalue weighted by molar-refractivity contribution is 14.1. The SMILES string of the molecule is CC(C)(Nc1nc(CI)ncc1F)C(=O)O. The normalized spacial score (nSPS) is 11.2. The minimum Gasteiger partial charge on any atom is -0.480 e. The standard InChI is InChI=1S/C9H11FIN3O2/c1-9(2,8(15)16)14-7-5(10)4-12-6(3-11)13-7/h4H,3H2,1-2H3,(H,15,16)(H,12,13,14). The number of halogens is 2. The Morgan fingerprint density at radius 3 is 2.81 bits per heavy atom. The van der Waals surface area contributed by atoms with Crippen molar-refractivity contribution >= 4 is 34.4 Å². The van der Waals surface area contributed by atoms with Gasteiger partial charge in [0.1, 0.15) is 11.4 Å². The van der Waals surface area contributed by atoms with E-state index in [1.54, 1.807) is 0 Å². The zero-order valence-corrected chi connectivity index (χ0v) is 10.9. The molecule has 0 amide bonds. The van der Waals surface area contributed by atoms with Gasteiger partial charge in [-0.2, -0.15) is 0 Å². The quantitative estimate of drug-likeness (QED) is 0.647. The Bertz CT molecular complexity index is 412. The Morgan fingerprint density at radius 2 is 2.31 bits per heavy atom. The number of rotatable bonds is 4. The number of carbonyl (C=O) groups is 1. The van der Waals surface area contributed by atoms with Gasteiger partial charge in [-0.1, -0.05) is 22.6 Å². The fourth-order valence-corrected chi connectivity index (χ4v) is 1.27. The molecule has 0 spiro atoms. The van der Waals surface area contributed by atoms with Gasteiger partial charge in [-0.05, 0) is 13.8 Å². The second kappa shape index (κ2) is 4.89. The Morgan fingerprint density at radius 1 is 1.69 bits per heavy atom. The molecule has 88 valence electrons. The zero-order valence-electron chi connectivity index (χ0n) is 8.79. The maximum atomic E-state index is 13.3. The molecule has 0 atom stereocenters. The van der Waals surface area contributed by atoms with E-state index in [1.807, 2.05) is 22.6 Å². The van der Waals surface area contributed by atoms with Crippen molar-refractivity contribution in [1.82, 2.24) is 9.97 Å². The molecule has 0 saturated heterocycles. The van der Waals surface area contributed by atoms with Crippen LogP contribution in [0.1, 0.15) is 19.7 Å². The summed E-state index contributed by atoms with van der Waals surface area (Å²) < 4.78 is 13.8. The van der Waals surface area contributed by atoms with Gasteiger partial charge in [-0.15, -0.1) is 0 Å². The predicted molar refractivity (Wildman–Crippen MR) is 65.1 cm³/mol. The lowest BCUT2D eigenvalue weighted by molar-refractivity contribution is -0.141. The molecule has 0 aliphatic carbocycles. The third-order valence-electron chi connectivity index (χ3n) is 1.88. The Hall–Kier alpha value is -0.990. The number of hydrogen-bond acceptors (Lipinski definition) is 4. The van der Waals surface area contributed by atoms with Crippen molar-refractivity contribution in [2.24, 2.45) is 0 Å². The largest absolute Gasteiger partial charge is 0.480 e. The summed E-state index contributed by atoms with van der Waals surface area (Å²) in [5.41, 5.74) is -1.28. The van der Waals surface area contributed by atoms with E-state index >= 15 is 0 Å². The van der Waals surface area contributed by atoms with Crippen LogP contribution in [0.5, 0.6) is 0 Å². The molecule has 1 aromatic heterocycles. The van der Waals surface area contributed by atoms with Crippen molar-refractivity contribution in [3.63, 3.8) is 0 Å². The van der Waals surface area contributed by atoms with Crippen LogP contribution < -0.4 is 5.32 Å². The Kier molecular flexibility index (Phi) is 4.00. The molecule has 0 bridgehead atoms. The maximum absolute atomic E-state index is 13.3. The third kappa shape index (κ3) is 3.00. The maximum Gasteiger partial charge on any atom is 0.328 e. The number of anilines is 1. The minimum absolute atomic E-state index is 0.0888. The summed E-state index contributed by atoms with van der Waals surface area (Å²) >= 11 is 2.04. The summed E-state index contributed by atoms with van der Waals surface area (Å²) in [7, 11) is 0. The first-order chi connectivity index (χ1) is 7.36. The van der Waals surface area contributed by atoms with Gasteiger partial charge in [0.05, 0.1) is 10.6 Å². The summed E-state index contributed by atoms with van der Waals surface area (Å²) in [6.45, 7) is 2.86. The molecule has 1 heterocycles. The van der Waals surface area contributed by atoms with E-state index < -0.39 is 17.3 Å². The number of nitrogens with one attached hydrogen (secondary N) is 1. The van der Waals surface area contributed by atoms with E-state index in [0.717, 1.165) is 6.20 Å². The number of alkyl halides is 1. The first-order valence-electron chi connectivity index (χ1n) is 4.46. The number of carboxylic acids is 1. The highest BCUT2D eigenvalue weighted by atomic mass is 127. The first-order valence-corrected chi connectivity index (χ1v) is 5.98. The van der Waals surface area contributed by atoms with Crippen LogP contribution in [0.15, 0.2) is 6.20 Å². The minimum atomic E-state index is -1.28. The van der Waals surface area contributed by atoms with Gasteiger partial charge in [0.2, 0.25) is 0 Å². The summed E-state index contributed by atoms with van der Waals surface area (Å²) in [6, 6.07) is 0. The Labute approximate surface area is 106 Å². The van der Waals surface area contributed by atoms with Crippen LogP contribution >= 0.6 is 22.6 Å². The molecule has 0 radical (unpaired) electrons. The van der Waals surface area contributed by atoms with Gasteiger partial charge in [0.15, 0.2) is 11.6 Å². The lowest BCUT2D eigenvalue weighted by atomic mass is 10.1. The van der Waals surface area contributed by atoms with E-state index in [0.29, 0.717) is 10.3 Å². The van der Waals surface area contributed by atoms with Crippen LogP contribution in [0.4, 0.5) is 10.2 Å². The van der Waals surface area contributed by atoms with Gasteiger partial charge in [-0.3, -0.25) is 0 Å². The fraction of sp³-hybridized carbons (Fsp3) is 0.444. The van der Waals surface area contributed by atoms with Gasteiger partial charge >= 0.3 is 5.97 Å². The summed E-state index contributed by atoms with van der Waals surface area (Å²) in [6.07, 6.45) is 1.03. The third-order valence-corrected chi connectivity index (χ3v) is 2.56. The fourth-order valence-electron chi connectivity index (χ4n) is 0.905. The van der Waals surface area contributed by atoms with Gasteiger partial charge in [-0.25, -0.2) is 19.2 Å². The summed E-state index contributed by atoms with van der Waals surface area (Å²) in [5.74, 6) is -1.38. The van der Waals surface area contributed by atoms with Crippen LogP contribution in [0.25, 0.3) is 0 Å². The number of hydrogen-bond donors (Lipinski definition) is 2. The number of aliphatic carboxylic acids is 1. The molecule has 7 heteroatoms. The molecule has 1 rings (SSSR count). The van der Waals surface area contributed by atoms with Gasteiger partial charge < -0.3 is 10.4 Å². The van der Waals surface area contributed by atoms with E-state index in [9.17, 15) is 9.18 Å². The van der Waals surface area contributed by atoms with Crippen molar-refractivity contribution < 1.29 is 14.3 Å². The van der Waals surface area contributed by atoms with Gasteiger partial charge in [0.25, 0.3) is 0 Å². The molecule has 0 fully saturated rings. The lowest BCUT2D eigenvalue weighted by Crippen LogP contribution is -2.40. The molecule has 0 aliphatic rings. The van der Waals surface area contributed by atoms with Crippen molar-refractivity contribution in [2.45, 2.75) is 23.8 Å². The summed E-state index contributed by atoms with van der Waals surface area (Å²) in [4.78, 5) is 18.5. The average Bonchev–Trinajstić information content (AvgIpc) is 2.21. The highest BCUT2D eigenvalue weighted by Crippen LogP contribution is 2.17. The van der Waals surface area contributed by atoms with Crippen LogP contribution in [0.2, 0.25) is 0 Å². The average molecular weight is 339 g/mol. The second-order valence-electron chi connectivity index (χ2n) is 3.67. The van der Waals surface area contributed by atoms with Crippen molar-refractivity contribution in [3.05, 3.63) is 17.8 Å². The molecule has 0 aliphatic heterocycles. The number of nitrogens with zero attached hydrogens (tertiary/aromatic N) is 2. The molecule has 1 aromatic rings. The molecular weight excluding hydrogens is 328 g/mol. The molecular formula is C9H11FIN3O2. The number of carboxylic acid groups (broad SMARTS) is 1. The predicted octanol–water partition coefficient (Wildman–Crippen LogP) is 1.83. The molecule has 5 nitrogen and oxygen atoms in total. The monoisotopic (exact) mass is 339 g/mol. The zero-order chi connectivity index (χ0) is 12.3. The van der Waals surface area contributed by atoms with Crippen molar-refractivity contribution in [3.8, 4) is 0 Å². The Balaban J connectivity index is 3.00. The molecule has 0 saturated carbocycles. The van der Waals surface area contributed by atoms with E-state index in [2.05, 4.69) is 15.3 Å². The van der Waals surface area contributed by atoms with Crippen LogP contribution in [0, 0.1) is 5.82 Å². The van der Waals surface area contributed by atoms with Crippen LogP contribution in [0.3, 0.4) is 0 Å². The molecule has 16 heavy (non-hydrogen) atoms. The number of aromatic nitrogens is 2. The smallest absolute Gasteiger partial charge is 0.328 e. The van der Waals surface area contributed by atoms with Crippen molar-refractivity contribution in [2.75, 3.05) is 5.32 Å². The van der Waals surface area contributed by atoms with Crippen molar-refractivity contribution in [1.29, 1.82) is 0 Å². The van der Waals surface area contributed by atoms with Crippen LogP contribution in [-0.2, 0) is 9.22 Å². The molecule has 0 aromatic carbocycles. The summed E-state index contributed by atoms with van der Waals surface area (Å²) in [5, 5.41) is 11.4. The topological polar surface area (TPSA) is 75.1 Å². The van der Waals surface area contributed by atoms with Crippen LogP contribution in [-0.4, -0.2) is 26.6 Å². The van der Waals surface area contributed by atoms with E-state index in [4.69, 9.17) is 5.11 Å². The first kappa shape index (κ1) is 13.1. The van der Waals surface area contributed by atoms with E-state index in [-0.39, 0.29) is 5.82 Å². The van der Waals surface area contributed by atoms with E-state index in [1.165, 1.54) is 13.8 Å². The highest BCUT2D eigenvalue weighted by Gasteiger charge is 2.28. The lowest BCUT2D eigenvalue weighted by Gasteiger charge is -2.21.